The number of hydrogen-bond donors (Lipinski definition) is 2. The summed E-state index contributed by atoms with van der Waals surface area (Å²) in [5.74, 6) is 0.396. The molecule has 0 saturated carbocycles. The molecule has 0 aliphatic rings. The Hall–Kier alpha value is -2.53. The van der Waals surface area contributed by atoms with Crippen LogP contribution in [0.5, 0.6) is 5.75 Å². The molecule has 2 aromatic carbocycles. The maximum Gasteiger partial charge on any atom is 0.119 e. The van der Waals surface area contributed by atoms with E-state index >= 15 is 0 Å². The first-order chi connectivity index (χ1) is 13.6. The number of aromatic amines is 1. The van der Waals surface area contributed by atoms with Crippen LogP contribution in [0.2, 0.25) is 0 Å². The van der Waals surface area contributed by atoms with Crippen LogP contribution in [0.4, 0.5) is 0 Å². The van der Waals surface area contributed by atoms with E-state index in [2.05, 4.69) is 75.2 Å². The minimum absolute atomic E-state index is 0.0239. The second kappa shape index (κ2) is 9.79. The number of nitrogens with zero attached hydrogens (tertiary/aromatic N) is 2. The van der Waals surface area contributed by atoms with Crippen LogP contribution < -0.4 is 0 Å². The van der Waals surface area contributed by atoms with Crippen LogP contribution in [0.1, 0.15) is 52.7 Å². The van der Waals surface area contributed by atoms with Gasteiger partial charge in [-0.05, 0) is 67.8 Å². The van der Waals surface area contributed by atoms with Crippen molar-refractivity contribution in [1.82, 2.24) is 15.4 Å². The molecule has 1 heterocycles. The fourth-order valence-corrected chi connectivity index (χ4v) is 3.45. The van der Waals surface area contributed by atoms with E-state index in [-0.39, 0.29) is 5.41 Å². The second-order valence-corrected chi connectivity index (χ2v) is 9.69. The maximum atomic E-state index is 9.57. The zero-order chi connectivity index (χ0) is 21.6. The summed E-state index contributed by atoms with van der Waals surface area (Å²) in [5, 5.41) is 20.3. The van der Waals surface area contributed by atoms with Gasteiger partial charge in [0.25, 0.3) is 0 Å². The number of phenolic OH excluding ortho intramolecular Hbond substituents is 1. The first kappa shape index (κ1) is 22.8. The summed E-state index contributed by atoms with van der Waals surface area (Å²) in [5.41, 5.74) is 5.35. The van der Waals surface area contributed by atoms with Gasteiger partial charge in [0.05, 0.1) is 0 Å². The number of rotatable bonds is 3. The molecule has 0 fully saturated rings. The lowest BCUT2D eigenvalue weighted by Crippen LogP contribution is -2.11. The van der Waals surface area contributed by atoms with E-state index in [1.54, 1.807) is 17.8 Å². The quantitative estimate of drug-likeness (QED) is 0.364. The molecule has 3 aromatic rings. The van der Waals surface area contributed by atoms with E-state index in [0.29, 0.717) is 5.75 Å². The van der Waals surface area contributed by atoms with Crippen LogP contribution in [0.25, 0.3) is 11.0 Å². The largest absolute Gasteiger partial charge is 0.508 e. The average Bonchev–Trinajstić information content (AvgIpc) is 3.09. The Kier molecular flexibility index (Phi) is 7.68. The smallest absolute Gasteiger partial charge is 0.119 e. The summed E-state index contributed by atoms with van der Waals surface area (Å²) < 4.78 is 0. The molecule has 154 valence electrons. The summed E-state index contributed by atoms with van der Waals surface area (Å²) in [7, 11) is 0. The van der Waals surface area contributed by atoms with E-state index in [9.17, 15) is 5.11 Å². The molecule has 0 bridgehead atoms. The van der Waals surface area contributed by atoms with Crippen LogP contribution in [0.15, 0.2) is 63.9 Å². The molecule has 0 saturated heterocycles. The molecule has 0 spiro atoms. The molecule has 0 aliphatic heterocycles. The van der Waals surface area contributed by atoms with Crippen LogP contribution in [-0.4, -0.2) is 20.5 Å². The second-order valence-electron chi connectivity index (χ2n) is 8.37. The monoisotopic (exact) mass is 409 g/mol. The van der Waals surface area contributed by atoms with Gasteiger partial charge < -0.3 is 5.11 Å². The normalized spacial score (nSPS) is 11.8. The third-order valence-corrected chi connectivity index (χ3v) is 5.13. The number of allylic oxidation sites excluding steroid dienone is 4. The minimum atomic E-state index is 0.0239. The van der Waals surface area contributed by atoms with Gasteiger partial charge in [-0.3, -0.25) is 0 Å². The fourth-order valence-electron chi connectivity index (χ4n) is 2.64. The van der Waals surface area contributed by atoms with Gasteiger partial charge in [0.1, 0.15) is 16.8 Å². The standard InChI is InChI=1S/C13H15N3S.C11H16O/c1-9(2)4-5-10(3)17-11-6-7-12-13(8-11)15-16-14-12;1-8-5-6-10(12)9(7-8)11(2,3)4/h4-8H,1-3H3,(H,14,15,16);5-7,12H,1-4H3/b10-5+;. The van der Waals surface area contributed by atoms with Gasteiger partial charge in [0, 0.05) is 4.90 Å². The summed E-state index contributed by atoms with van der Waals surface area (Å²) in [6.07, 6.45) is 4.25. The number of thioether (sulfide) groups is 1. The molecule has 0 atom stereocenters. The zero-order valence-electron chi connectivity index (χ0n) is 18.4. The Labute approximate surface area is 178 Å². The van der Waals surface area contributed by atoms with Crippen LogP contribution in [0, 0.1) is 6.92 Å². The summed E-state index contributed by atoms with van der Waals surface area (Å²) >= 11 is 1.74. The van der Waals surface area contributed by atoms with Crippen molar-refractivity contribution in [2.24, 2.45) is 0 Å². The van der Waals surface area contributed by atoms with Crippen molar-refractivity contribution < 1.29 is 5.11 Å². The maximum absolute atomic E-state index is 9.57. The third kappa shape index (κ3) is 7.09. The highest BCUT2D eigenvalue weighted by atomic mass is 32.2. The number of nitrogens with one attached hydrogen (secondary N) is 1. The number of aryl methyl sites for hydroxylation is 1. The van der Waals surface area contributed by atoms with Gasteiger partial charge in [-0.1, -0.05) is 68.0 Å². The minimum Gasteiger partial charge on any atom is -0.508 e. The number of H-pyrrole nitrogens is 1. The van der Waals surface area contributed by atoms with E-state index in [0.717, 1.165) is 16.6 Å². The molecular formula is C24H31N3OS. The predicted octanol–water partition coefficient (Wildman–Crippen LogP) is 6.92. The van der Waals surface area contributed by atoms with Gasteiger partial charge in [-0.25, -0.2) is 0 Å². The van der Waals surface area contributed by atoms with Crippen molar-refractivity contribution in [2.75, 3.05) is 0 Å². The van der Waals surface area contributed by atoms with Crippen LogP contribution >= 0.6 is 11.8 Å². The molecule has 29 heavy (non-hydrogen) atoms. The van der Waals surface area contributed by atoms with Crippen molar-refractivity contribution in [3.8, 4) is 5.75 Å². The van der Waals surface area contributed by atoms with Crippen LogP contribution in [-0.2, 0) is 5.41 Å². The van der Waals surface area contributed by atoms with E-state index in [4.69, 9.17) is 0 Å². The van der Waals surface area contributed by atoms with E-state index in [1.807, 2.05) is 31.2 Å². The highest BCUT2D eigenvalue weighted by Crippen LogP contribution is 2.31. The number of hydrogen-bond acceptors (Lipinski definition) is 4. The van der Waals surface area contributed by atoms with Crippen molar-refractivity contribution in [2.45, 2.75) is 58.8 Å². The molecule has 3 rings (SSSR count). The van der Waals surface area contributed by atoms with Gasteiger partial charge in [0.2, 0.25) is 0 Å². The highest BCUT2D eigenvalue weighted by Gasteiger charge is 2.17. The SMILES string of the molecule is CC(C)=C/C=C(\C)Sc1ccc2n[nH]nc2c1.Cc1ccc(O)c(C(C)(C)C)c1. The molecular weight excluding hydrogens is 378 g/mol. The molecule has 2 N–H and O–H groups in total. The topological polar surface area (TPSA) is 61.8 Å². The zero-order valence-corrected chi connectivity index (χ0v) is 19.2. The number of fused-ring (bicyclic) bond motifs is 1. The lowest BCUT2D eigenvalue weighted by molar-refractivity contribution is 0.446. The first-order valence-corrected chi connectivity index (χ1v) is 10.5. The summed E-state index contributed by atoms with van der Waals surface area (Å²) in [4.78, 5) is 2.44. The summed E-state index contributed by atoms with van der Waals surface area (Å²) in [6, 6.07) is 11.8. The first-order valence-electron chi connectivity index (χ1n) is 9.66. The van der Waals surface area contributed by atoms with Gasteiger partial charge in [-0.15, -0.1) is 0 Å². The summed E-state index contributed by atoms with van der Waals surface area (Å²) in [6.45, 7) is 14.6. The number of benzene rings is 2. The van der Waals surface area contributed by atoms with Crippen LogP contribution in [0.3, 0.4) is 0 Å². The van der Waals surface area contributed by atoms with Gasteiger partial charge >= 0.3 is 0 Å². The van der Waals surface area contributed by atoms with Crippen molar-refractivity contribution in [3.63, 3.8) is 0 Å². The molecule has 1 aromatic heterocycles. The molecule has 0 aliphatic carbocycles. The van der Waals surface area contributed by atoms with E-state index < -0.39 is 0 Å². The Morgan fingerprint density at radius 2 is 1.66 bits per heavy atom. The lowest BCUT2D eigenvalue weighted by Gasteiger charge is -2.20. The Bertz CT molecular complexity index is 1020. The Morgan fingerprint density at radius 1 is 0.966 bits per heavy atom. The number of aromatic nitrogens is 3. The number of phenols is 1. The van der Waals surface area contributed by atoms with Crippen molar-refractivity contribution in [3.05, 3.63) is 70.2 Å². The average molecular weight is 410 g/mol. The third-order valence-electron chi connectivity index (χ3n) is 4.18. The Balaban J connectivity index is 0.000000221. The molecule has 0 amide bonds. The molecule has 5 heteroatoms. The lowest BCUT2D eigenvalue weighted by atomic mass is 9.85. The van der Waals surface area contributed by atoms with Gasteiger partial charge in [0.15, 0.2) is 0 Å². The molecule has 0 radical (unpaired) electrons. The fraction of sp³-hybridized carbons (Fsp3) is 0.333. The van der Waals surface area contributed by atoms with E-state index in [1.165, 1.54) is 20.9 Å². The molecule has 0 unspecified atom stereocenters. The molecule has 4 nitrogen and oxygen atoms in total. The van der Waals surface area contributed by atoms with Crippen molar-refractivity contribution in [1.29, 1.82) is 0 Å². The number of aromatic hydroxyl groups is 1. The highest BCUT2D eigenvalue weighted by molar-refractivity contribution is 8.03. The van der Waals surface area contributed by atoms with Gasteiger partial charge in [-0.2, -0.15) is 15.4 Å². The Morgan fingerprint density at radius 3 is 2.28 bits per heavy atom. The van der Waals surface area contributed by atoms with Crippen molar-refractivity contribution >= 4 is 22.8 Å². The predicted molar refractivity (Wildman–Crippen MR) is 124 cm³/mol.